The predicted octanol–water partition coefficient (Wildman–Crippen LogP) is 2.49. The Morgan fingerprint density at radius 1 is 1.62 bits per heavy atom. The number of ether oxygens (including phenoxy) is 1. The average molecular weight is 286 g/mol. The van der Waals surface area contributed by atoms with Crippen LogP contribution in [0.2, 0.25) is 0 Å². The Bertz CT molecular complexity index is 422. The highest BCUT2D eigenvalue weighted by Gasteiger charge is 2.29. The molecule has 2 N–H and O–H groups in total. The SMILES string of the molecule is CC1Nc2cccc(Br)c2OC1CC(=O)O. The Morgan fingerprint density at radius 2 is 2.38 bits per heavy atom. The summed E-state index contributed by atoms with van der Waals surface area (Å²) >= 11 is 3.38. The van der Waals surface area contributed by atoms with E-state index in [4.69, 9.17) is 9.84 Å². The molecule has 0 saturated carbocycles. The number of carbonyl (C=O) groups is 1. The van der Waals surface area contributed by atoms with Gasteiger partial charge in [-0.05, 0) is 35.0 Å². The van der Waals surface area contributed by atoms with Gasteiger partial charge in [0.2, 0.25) is 0 Å². The lowest BCUT2D eigenvalue weighted by molar-refractivity contribution is -0.139. The quantitative estimate of drug-likeness (QED) is 0.877. The molecule has 1 aromatic carbocycles. The van der Waals surface area contributed by atoms with Gasteiger partial charge < -0.3 is 15.2 Å². The largest absolute Gasteiger partial charge is 0.484 e. The van der Waals surface area contributed by atoms with E-state index in [0.29, 0.717) is 5.75 Å². The minimum absolute atomic E-state index is 0.00502. The number of hydrogen-bond acceptors (Lipinski definition) is 3. The van der Waals surface area contributed by atoms with Gasteiger partial charge in [-0.3, -0.25) is 4.79 Å². The lowest BCUT2D eigenvalue weighted by Crippen LogP contribution is -2.40. The van der Waals surface area contributed by atoms with Crippen LogP contribution in [0.3, 0.4) is 0 Å². The lowest BCUT2D eigenvalue weighted by Gasteiger charge is -2.32. The zero-order chi connectivity index (χ0) is 11.7. The lowest BCUT2D eigenvalue weighted by atomic mass is 10.1. The number of rotatable bonds is 2. The third-order valence-corrected chi connectivity index (χ3v) is 3.18. The summed E-state index contributed by atoms with van der Waals surface area (Å²) in [6, 6.07) is 5.67. The number of nitrogens with one attached hydrogen (secondary N) is 1. The predicted molar refractivity (Wildman–Crippen MR) is 63.9 cm³/mol. The molecule has 0 saturated heterocycles. The van der Waals surface area contributed by atoms with E-state index >= 15 is 0 Å². The van der Waals surface area contributed by atoms with E-state index in [0.717, 1.165) is 10.2 Å². The maximum atomic E-state index is 10.7. The number of carboxylic acid groups (broad SMARTS) is 1. The number of fused-ring (bicyclic) bond motifs is 1. The van der Waals surface area contributed by atoms with Crippen LogP contribution < -0.4 is 10.1 Å². The van der Waals surface area contributed by atoms with Crippen molar-refractivity contribution in [2.45, 2.75) is 25.5 Å². The normalized spacial score (nSPS) is 22.9. The smallest absolute Gasteiger partial charge is 0.307 e. The highest BCUT2D eigenvalue weighted by molar-refractivity contribution is 9.10. The molecule has 16 heavy (non-hydrogen) atoms. The molecule has 0 aromatic heterocycles. The molecule has 0 aliphatic carbocycles. The second-order valence-corrected chi connectivity index (χ2v) is 4.66. The highest BCUT2D eigenvalue weighted by atomic mass is 79.9. The molecule has 2 unspecified atom stereocenters. The van der Waals surface area contributed by atoms with Gasteiger partial charge in [-0.2, -0.15) is 0 Å². The van der Waals surface area contributed by atoms with Crippen LogP contribution in [0.1, 0.15) is 13.3 Å². The molecule has 2 atom stereocenters. The summed E-state index contributed by atoms with van der Waals surface area (Å²) in [6.45, 7) is 1.91. The van der Waals surface area contributed by atoms with Crippen LogP contribution in [0.25, 0.3) is 0 Å². The number of halogens is 1. The number of benzene rings is 1. The summed E-state index contributed by atoms with van der Waals surface area (Å²) in [4.78, 5) is 10.7. The maximum Gasteiger partial charge on any atom is 0.307 e. The molecule has 1 aliphatic rings. The third-order valence-electron chi connectivity index (χ3n) is 2.55. The van der Waals surface area contributed by atoms with E-state index in [1.54, 1.807) is 0 Å². The molecule has 1 heterocycles. The second-order valence-electron chi connectivity index (χ2n) is 3.80. The summed E-state index contributed by atoms with van der Waals surface area (Å²) in [7, 11) is 0. The Kier molecular flexibility index (Phi) is 3.05. The molecular weight excluding hydrogens is 274 g/mol. The highest BCUT2D eigenvalue weighted by Crippen LogP contribution is 2.38. The van der Waals surface area contributed by atoms with Gasteiger partial charge in [0.15, 0.2) is 5.75 Å². The summed E-state index contributed by atoms with van der Waals surface area (Å²) in [5.41, 5.74) is 0.892. The van der Waals surface area contributed by atoms with Gasteiger partial charge >= 0.3 is 5.97 Å². The first-order valence-corrected chi connectivity index (χ1v) is 5.80. The van der Waals surface area contributed by atoms with Crippen molar-refractivity contribution < 1.29 is 14.6 Å². The number of anilines is 1. The van der Waals surface area contributed by atoms with Crippen LogP contribution in [-0.4, -0.2) is 23.2 Å². The number of para-hydroxylation sites is 1. The van der Waals surface area contributed by atoms with Gasteiger partial charge in [-0.15, -0.1) is 0 Å². The summed E-state index contributed by atoms with van der Waals surface area (Å²) in [6.07, 6.45) is -0.349. The van der Waals surface area contributed by atoms with Crippen molar-refractivity contribution in [1.82, 2.24) is 0 Å². The van der Waals surface area contributed by atoms with Gasteiger partial charge in [0.25, 0.3) is 0 Å². The maximum absolute atomic E-state index is 10.7. The van der Waals surface area contributed by atoms with Gasteiger partial charge in [0, 0.05) is 0 Å². The van der Waals surface area contributed by atoms with Crippen LogP contribution in [0.4, 0.5) is 5.69 Å². The van der Waals surface area contributed by atoms with Crippen LogP contribution in [-0.2, 0) is 4.79 Å². The first-order chi connectivity index (χ1) is 7.58. The summed E-state index contributed by atoms with van der Waals surface area (Å²) < 4.78 is 6.53. The number of hydrogen-bond donors (Lipinski definition) is 2. The van der Waals surface area contributed by atoms with Crippen molar-refractivity contribution in [3.63, 3.8) is 0 Å². The fourth-order valence-corrected chi connectivity index (χ4v) is 2.18. The van der Waals surface area contributed by atoms with Crippen molar-refractivity contribution in [3.8, 4) is 5.75 Å². The van der Waals surface area contributed by atoms with E-state index in [2.05, 4.69) is 21.2 Å². The van der Waals surface area contributed by atoms with Gasteiger partial charge in [-0.25, -0.2) is 0 Å². The van der Waals surface area contributed by atoms with E-state index < -0.39 is 5.97 Å². The zero-order valence-electron chi connectivity index (χ0n) is 8.74. The Morgan fingerprint density at radius 3 is 3.06 bits per heavy atom. The topological polar surface area (TPSA) is 58.6 Å². The standard InChI is InChI=1S/C11H12BrNO3/c1-6-9(5-10(14)15)16-11-7(12)3-2-4-8(11)13-6/h2-4,6,9,13H,5H2,1H3,(H,14,15). The molecule has 0 bridgehead atoms. The van der Waals surface area contributed by atoms with Crippen molar-refractivity contribution in [3.05, 3.63) is 22.7 Å². The molecule has 0 fully saturated rings. The second kappa shape index (κ2) is 4.33. The Hall–Kier alpha value is -1.23. The molecule has 4 nitrogen and oxygen atoms in total. The first kappa shape index (κ1) is 11.3. The van der Waals surface area contributed by atoms with Gasteiger partial charge in [0.1, 0.15) is 6.10 Å². The molecule has 2 rings (SSSR count). The van der Waals surface area contributed by atoms with Gasteiger partial charge in [0.05, 0.1) is 22.6 Å². The van der Waals surface area contributed by atoms with Gasteiger partial charge in [-0.1, -0.05) is 6.07 Å². The molecular formula is C11H12BrNO3. The number of carboxylic acids is 1. The van der Waals surface area contributed by atoms with Crippen molar-refractivity contribution in [2.24, 2.45) is 0 Å². The van der Waals surface area contributed by atoms with E-state index in [9.17, 15) is 4.79 Å². The third kappa shape index (κ3) is 2.14. The van der Waals surface area contributed by atoms with E-state index in [1.165, 1.54) is 0 Å². The molecule has 0 radical (unpaired) electrons. The molecule has 1 aliphatic heterocycles. The fraction of sp³-hybridized carbons (Fsp3) is 0.364. The molecule has 0 spiro atoms. The minimum atomic E-state index is -0.853. The van der Waals surface area contributed by atoms with Crippen molar-refractivity contribution >= 4 is 27.6 Å². The molecule has 1 aromatic rings. The molecule has 0 amide bonds. The summed E-state index contributed by atoms with van der Waals surface area (Å²) in [5, 5.41) is 12.0. The summed E-state index contributed by atoms with van der Waals surface area (Å²) in [5.74, 6) is -0.166. The average Bonchev–Trinajstić information content (AvgIpc) is 2.20. The monoisotopic (exact) mass is 285 g/mol. The van der Waals surface area contributed by atoms with Crippen LogP contribution in [0, 0.1) is 0 Å². The first-order valence-electron chi connectivity index (χ1n) is 5.01. The molecule has 86 valence electrons. The van der Waals surface area contributed by atoms with Crippen LogP contribution >= 0.6 is 15.9 Å². The van der Waals surface area contributed by atoms with Crippen LogP contribution in [0.5, 0.6) is 5.75 Å². The van der Waals surface area contributed by atoms with Crippen LogP contribution in [0.15, 0.2) is 22.7 Å². The Balaban J connectivity index is 2.26. The van der Waals surface area contributed by atoms with Crippen molar-refractivity contribution in [1.29, 1.82) is 0 Å². The Labute approximate surface area is 102 Å². The number of aliphatic carboxylic acids is 1. The zero-order valence-corrected chi connectivity index (χ0v) is 10.3. The van der Waals surface area contributed by atoms with E-state index in [1.807, 2.05) is 25.1 Å². The van der Waals surface area contributed by atoms with Crippen molar-refractivity contribution in [2.75, 3.05) is 5.32 Å². The fourth-order valence-electron chi connectivity index (χ4n) is 1.72. The minimum Gasteiger partial charge on any atom is -0.484 e. The molecule has 5 heteroatoms. The van der Waals surface area contributed by atoms with E-state index in [-0.39, 0.29) is 18.6 Å².